The number of benzene rings is 1. The normalized spacial score (nSPS) is 20.5. The fraction of sp³-hybridized carbons (Fsp3) is 0.500. The van der Waals surface area contributed by atoms with Gasteiger partial charge in [0.25, 0.3) is 0 Å². The zero-order chi connectivity index (χ0) is 17.9. The van der Waals surface area contributed by atoms with Crippen LogP contribution >= 0.6 is 0 Å². The van der Waals surface area contributed by atoms with Crippen molar-refractivity contribution in [2.45, 2.75) is 38.7 Å². The Bertz CT molecular complexity index is 712. The Labute approximate surface area is 147 Å². The number of hydrogen-bond acceptors (Lipinski definition) is 5. The lowest BCUT2D eigenvalue weighted by Crippen LogP contribution is -2.49. The first-order chi connectivity index (χ1) is 12.0. The largest absolute Gasteiger partial charge is 0.493 e. The van der Waals surface area contributed by atoms with Gasteiger partial charge in [0.1, 0.15) is 17.0 Å². The van der Waals surface area contributed by atoms with Gasteiger partial charge in [-0.05, 0) is 37.8 Å². The van der Waals surface area contributed by atoms with Crippen molar-refractivity contribution < 1.29 is 14.6 Å². The van der Waals surface area contributed by atoms with Crippen LogP contribution < -0.4 is 4.74 Å². The molecule has 1 aliphatic rings. The molecule has 1 fully saturated rings. The highest BCUT2D eigenvalue weighted by Crippen LogP contribution is 2.30. The van der Waals surface area contributed by atoms with E-state index >= 15 is 0 Å². The number of nitrogens with one attached hydrogen (secondary N) is 1. The Kier molecular flexibility index (Phi) is 5.03. The second-order valence-corrected chi connectivity index (χ2v) is 6.63. The van der Waals surface area contributed by atoms with E-state index in [4.69, 9.17) is 4.74 Å². The average molecular weight is 344 g/mol. The molecule has 25 heavy (non-hydrogen) atoms. The predicted molar refractivity (Wildman–Crippen MR) is 92.1 cm³/mol. The van der Waals surface area contributed by atoms with Crippen molar-refractivity contribution in [3.8, 4) is 5.75 Å². The van der Waals surface area contributed by atoms with E-state index in [1.807, 2.05) is 32.0 Å². The summed E-state index contributed by atoms with van der Waals surface area (Å²) in [5.74, 6) is 0.820. The summed E-state index contributed by atoms with van der Waals surface area (Å²) >= 11 is 0. The lowest BCUT2D eigenvalue weighted by molar-refractivity contribution is -0.139. The van der Waals surface area contributed by atoms with Crippen LogP contribution in [0.4, 0.5) is 0 Å². The van der Waals surface area contributed by atoms with E-state index in [0.717, 1.165) is 23.3 Å². The molecule has 1 saturated heterocycles. The number of aromatic nitrogens is 3. The van der Waals surface area contributed by atoms with Gasteiger partial charge in [-0.2, -0.15) is 15.4 Å². The number of ether oxygens (including phenoxy) is 1. The van der Waals surface area contributed by atoms with E-state index < -0.39 is 5.60 Å². The summed E-state index contributed by atoms with van der Waals surface area (Å²) in [6, 6.07) is 5.97. The number of nitrogens with zero attached hydrogens (tertiary/aromatic N) is 3. The van der Waals surface area contributed by atoms with Crippen LogP contribution in [0.15, 0.2) is 24.4 Å². The first-order valence-corrected chi connectivity index (χ1v) is 8.55. The number of aryl methyl sites for hydroxylation is 2. The van der Waals surface area contributed by atoms with Gasteiger partial charge < -0.3 is 14.7 Å². The van der Waals surface area contributed by atoms with Crippen LogP contribution in [-0.2, 0) is 10.4 Å². The zero-order valence-corrected chi connectivity index (χ0v) is 14.7. The van der Waals surface area contributed by atoms with Crippen LogP contribution in [0.1, 0.15) is 36.1 Å². The number of carbonyl (C=O) groups is 1. The van der Waals surface area contributed by atoms with E-state index in [-0.39, 0.29) is 18.9 Å². The number of para-hydroxylation sites is 1. The molecular weight excluding hydrogens is 320 g/mol. The van der Waals surface area contributed by atoms with Crippen LogP contribution in [0.5, 0.6) is 5.75 Å². The van der Waals surface area contributed by atoms with E-state index in [0.29, 0.717) is 25.3 Å². The second kappa shape index (κ2) is 7.23. The van der Waals surface area contributed by atoms with E-state index in [2.05, 4.69) is 15.4 Å². The fourth-order valence-corrected chi connectivity index (χ4v) is 3.31. The molecule has 1 atom stereocenters. The van der Waals surface area contributed by atoms with Gasteiger partial charge in [-0.3, -0.25) is 4.79 Å². The topological polar surface area (TPSA) is 91.3 Å². The quantitative estimate of drug-likeness (QED) is 0.861. The Morgan fingerprint density at radius 3 is 2.84 bits per heavy atom. The van der Waals surface area contributed by atoms with Crippen molar-refractivity contribution in [2.75, 3.05) is 19.7 Å². The van der Waals surface area contributed by atoms with Gasteiger partial charge >= 0.3 is 0 Å². The van der Waals surface area contributed by atoms with E-state index in [1.54, 1.807) is 4.90 Å². The van der Waals surface area contributed by atoms with Gasteiger partial charge in [0.2, 0.25) is 5.91 Å². The molecule has 2 aromatic rings. The molecule has 7 nitrogen and oxygen atoms in total. The van der Waals surface area contributed by atoms with Gasteiger partial charge in [-0.25, -0.2) is 0 Å². The maximum absolute atomic E-state index is 12.5. The summed E-state index contributed by atoms with van der Waals surface area (Å²) in [6.07, 6.45) is 3.09. The standard InChI is InChI=1S/C18H24N4O3/c1-13-5-3-6-14(2)17(13)25-10-7-16(23)22-9-4-8-18(24,12-22)15-11-19-21-20-15/h3,5-6,11,24H,4,7-10,12H2,1-2H3,(H,19,20,21). The second-order valence-electron chi connectivity index (χ2n) is 6.63. The number of hydrogen-bond donors (Lipinski definition) is 2. The molecule has 0 saturated carbocycles. The minimum absolute atomic E-state index is 0.0205. The zero-order valence-electron chi connectivity index (χ0n) is 14.7. The van der Waals surface area contributed by atoms with Crippen LogP contribution in [0, 0.1) is 13.8 Å². The Balaban J connectivity index is 1.56. The Morgan fingerprint density at radius 2 is 2.16 bits per heavy atom. The maximum atomic E-state index is 12.5. The highest BCUT2D eigenvalue weighted by atomic mass is 16.5. The smallest absolute Gasteiger partial charge is 0.226 e. The lowest BCUT2D eigenvalue weighted by atomic mass is 9.90. The molecule has 3 rings (SSSR count). The highest BCUT2D eigenvalue weighted by Gasteiger charge is 2.38. The molecule has 1 aromatic carbocycles. The molecule has 1 amide bonds. The molecule has 134 valence electrons. The Morgan fingerprint density at radius 1 is 1.40 bits per heavy atom. The Hall–Kier alpha value is -2.41. The fourth-order valence-electron chi connectivity index (χ4n) is 3.31. The third-order valence-electron chi connectivity index (χ3n) is 4.69. The van der Waals surface area contributed by atoms with E-state index in [9.17, 15) is 9.90 Å². The van der Waals surface area contributed by atoms with Crippen molar-refractivity contribution in [3.63, 3.8) is 0 Å². The molecule has 7 heteroatoms. The minimum atomic E-state index is -1.13. The lowest BCUT2D eigenvalue weighted by Gasteiger charge is -2.38. The van der Waals surface area contributed by atoms with Gasteiger partial charge in [-0.15, -0.1) is 0 Å². The molecule has 0 radical (unpaired) electrons. The van der Waals surface area contributed by atoms with Crippen LogP contribution in [-0.4, -0.2) is 51.0 Å². The summed E-state index contributed by atoms with van der Waals surface area (Å²) < 4.78 is 5.82. The van der Waals surface area contributed by atoms with Crippen LogP contribution in [0.2, 0.25) is 0 Å². The number of amides is 1. The van der Waals surface area contributed by atoms with Crippen molar-refractivity contribution in [2.24, 2.45) is 0 Å². The number of piperidine rings is 1. The molecule has 2 N–H and O–H groups in total. The number of aliphatic hydroxyl groups is 1. The molecule has 1 aromatic heterocycles. The van der Waals surface area contributed by atoms with Crippen LogP contribution in [0.25, 0.3) is 0 Å². The van der Waals surface area contributed by atoms with Crippen molar-refractivity contribution in [3.05, 3.63) is 41.2 Å². The maximum Gasteiger partial charge on any atom is 0.226 e. The number of rotatable bonds is 5. The third-order valence-corrected chi connectivity index (χ3v) is 4.69. The summed E-state index contributed by atoms with van der Waals surface area (Å²) in [6.45, 7) is 5.19. The first kappa shape index (κ1) is 17.4. The SMILES string of the molecule is Cc1cccc(C)c1OCCC(=O)N1CCCC(O)(c2cn[nH]n2)C1. The number of H-pyrrole nitrogens is 1. The molecule has 0 spiro atoms. The van der Waals surface area contributed by atoms with Gasteiger partial charge in [0.15, 0.2) is 0 Å². The molecule has 1 unspecified atom stereocenters. The number of likely N-dealkylation sites (tertiary alicyclic amines) is 1. The highest BCUT2D eigenvalue weighted by molar-refractivity contribution is 5.76. The average Bonchev–Trinajstić information content (AvgIpc) is 3.13. The van der Waals surface area contributed by atoms with Crippen molar-refractivity contribution >= 4 is 5.91 Å². The summed E-state index contributed by atoms with van der Waals surface area (Å²) in [5.41, 5.74) is 1.47. The molecular formula is C18H24N4O3. The number of aromatic amines is 1. The van der Waals surface area contributed by atoms with Crippen molar-refractivity contribution in [1.29, 1.82) is 0 Å². The summed E-state index contributed by atoms with van der Waals surface area (Å²) in [5, 5.41) is 21.0. The molecule has 0 bridgehead atoms. The van der Waals surface area contributed by atoms with Gasteiger partial charge in [0, 0.05) is 6.54 Å². The predicted octanol–water partition coefficient (Wildman–Crippen LogP) is 1.70. The van der Waals surface area contributed by atoms with Crippen molar-refractivity contribution in [1.82, 2.24) is 20.3 Å². The van der Waals surface area contributed by atoms with E-state index in [1.165, 1.54) is 6.20 Å². The van der Waals surface area contributed by atoms with Gasteiger partial charge in [-0.1, -0.05) is 18.2 Å². The number of carbonyl (C=O) groups excluding carboxylic acids is 1. The molecule has 1 aliphatic heterocycles. The minimum Gasteiger partial charge on any atom is -0.493 e. The van der Waals surface area contributed by atoms with Crippen LogP contribution in [0.3, 0.4) is 0 Å². The third kappa shape index (κ3) is 3.82. The monoisotopic (exact) mass is 344 g/mol. The van der Waals surface area contributed by atoms with Gasteiger partial charge in [0.05, 0.1) is 25.8 Å². The first-order valence-electron chi connectivity index (χ1n) is 8.55. The summed E-state index contributed by atoms with van der Waals surface area (Å²) in [4.78, 5) is 14.2. The summed E-state index contributed by atoms with van der Waals surface area (Å²) in [7, 11) is 0. The molecule has 2 heterocycles. The molecule has 0 aliphatic carbocycles. The number of β-amino-alcohol motifs (C(OH)–C–C–N with tert-alkyl or cyclic N) is 1.